The van der Waals surface area contributed by atoms with Crippen LogP contribution in [0.2, 0.25) is 0 Å². The maximum absolute atomic E-state index is 12.8. The Bertz CT molecular complexity index is 543. The molecule has 2 rings (SSSR count). The molecule has 18 heavy (non-hydrogen) atoms. The van der Waals surface area contributed by atoms with Crippen molar-refractivity contribution in [1.82, 2.24) is 4.57 Å². The molecule has 0 radical (unpaired) electrons. The van der Waals surface area contributed by atoms with Crippen LogP contribution in [0, 0.1) is 0 Å². The molecular formula is C11H10F3NO3. The standard InChI is InChI=1S/C11H10F3NO3/c12-11(13,14)15-8(6-2-1-3-6)4-7(10(17)18)5-9(15)16/h4-6H,1-3H2,(H,17,18). The van der Waals surface area contributed by atoms with Crippen molar-refractivity contribution < 1.29 is 23.1 Å². The van der Waals surface area contributed by atoms with E-state index < -0.39 is 29.3 Å². The molecule has 0 amide bonds. The number of aromatic nitrogens is 1. The minimum absolute atomic E-state index is 0.251. The molecule has 1 saturated carbocycles. The topological polar surface area (TPSA) is 59.3 Å². The molecule has 4 nitrogen and oxygen atoms in total. The Kier molecular flexibility index (Phi) is 2.92. The molecule has 0 saturated heterocycles. The number of carboxylic acid groups (broad SMARTS) is 1. The van der Waals surface area contributed by atoms with Gasteiger partial charge in [-0.1, -0.05) is 6.42 Å². The number of hydrogen-bond acceptors (Lipinski definition) is 2. The highest BCUT2D eigenvalue weighted by Crippen LogP contribution is 2.38. The summed E-state index contributed by atoms with van der Waals surface area (Å²) in [5, 5.41) is 8.77. The second kappa shape index (κ2) is 4.15. The van der Waals surface area contributed by atoms with Gasteiger partial charge in [0.1, 0.15) is 0 Å². The lowest BCUT2D eigenvalue weighted by Crippen LogP contribution is -2.36. The SMILES string of the molecule is O=C(O)c1cc(C2CCC2)n(C(F)(F)F)c(=O)c1. The van der Waals surface area contributed by atoms with Crippen LogP contribution in [0.5, 0.6) is 0 Å². The Morgan fingerprint density at radius 2 is 1.94 bits per heavy atom. The Morgan fingerprint density at radius 3 is 2.33 bits per heavy atom. The summed E-state index contributed by atoms with van der Waals surface area (Å²) in [6, 6.07) is 1.44. The smallest absolute Gasteiger partial charge is 0.478 e. The molecule has 0 aliphatic heterocycles. The summed E-state index contributed by atoms with van der Waals surface area (Å²) in [6.45, 7) is 0. The first-order valence-corrected chi connectivity index (χ1v) is 5.38. The predicted octanol–water partition coefficient (Wildman–Crippen LogP) is 2.29. The third kappa shape index (κ3) is 2.12. The molecule has 98 valence electrons. The molecule has 1 fully saturated rings. The number of aromatic carboxylic acids is 1. The lowest BCUT2D eigenvalue weighted by molar-refractivity contribution is -0.208. The summed E-state index contributed by atoms with van der Waals surface area (Å²) in [7, 11) is 0. The van der Waals surface area contributed by atoms with Crippen LogP contribution in [0.25, 0.3) is 0 Å². The number of pyridine rings is 1. The van der Waals surface area contributed by atoms with Crippen LogP contribution in [0.15, 0.2) is 16.9 Å². The summed E-state index contributed by atoms with van der Waals surface area (Å²) in [5.41, 5.74) is -2.00. The maximum atomic E-state index is 12.8. The van der Waals surface area contributed by atoms with Crippen molar-refractivity contribution in [1.29, 1.82) is 0 Å². The zero-order valence-corrected chi connectivity index (χ0v) is 9.20. The van der Waals surface area contributed by atoms with Gasteiger partial charge in [-0.25, -0.2) is 9.36 Å². The molecule has 1 aromatic rings. The zero-order valence-electron chi connectivity index (χ0n) is 9.20. The fourth-order valence-corrected chi connectivity index (χ4v) is 1.99. The lowest BCUT2D eigenvalue weighted by atomic mass is 9.82. The first-order chi connectivity index (χ1) is 8.30. The van der Waals surface area contributed by atoms with E-state index in [-0.39, 0.29) is 10.3 Å². The molecule has 0 spiro atoms. The average molecular weight is 261 g/mol. The van der Waals surface area contributed by atoms with Crippen molar-refractivity contribution in [3.05, 3.63) is 33.7 Å². The van der Waals surface area contributed by atoms with E-state index in [0.717, 1.165) is 12.5 Å². The number of rotatable bonds is 2. The minimum Gasteiger partial charge on any atom is -0.478 e. The van der Waals surface area contributed by atoms with E-state index in [0.29, 0.717) is 18.9 Å². The van der Waals surface area contributed by atoms with Gasteiger partial charge in [0.2, 0.25) is 0 Å². The largest absolute Gasteiger partial charge is 0.491 e. The van der Waals surface area contributed by atoms with Gasteiger partial charge in [-0.05, 0) is 24.8 Å². The second-order valence-electron chi connectivity index (χ2n) is 4.24. The van der Waals surface area contributed by atoms with E-state index >= 15 is 0 Å². The Hall–Kier alpha value is -1.79. The van der Waals surface area contributed by atoms with Gasteiger partial charge in [0.15, 0.2) is 0 Å². The Balaban J connectivity index is 2.64. The van der Waals surface area contributed by atoms with Crippen molar-refractivity contribution in [2.24, 2.45) is 0 Å². The van der Waals surface area contributed by atoms with Crippen molar-refractivity contribution in [3.8, 4) is 0 Å². The molecule has 1 aromatic heterocycles. The van der Waals surface area contributed by atoms with Crippen molar-refractivity contribution in [2.75, 3.05) is 0 Å². The van der Waals surface area contributed by atoms with E-state index in [1.54, 1.807) is 0 Å². The quantitative estimate of drug-likeness (QED) is 0.888. The highest BCUT2D eigenvalue weighted by atomic mass is 19.4. The predicted molar refractivity (Wildman–Crippen MR) is 55.6 cm³/mol. The van der Waals surface area contributed by atoms with Crippen molar-refractivity contribution in [3.63, 3.8) is 0 Å². The molecule has 0 unspecified atom stereocenters. The molecule has 1 N–H and O–H groups in total. The zero-order chi connectivity index (χ0) is 13.5. The van der Waals surface area contributed by atoms with E-state index in [4.69, 9.17) is 5.11 Å². The number of carbonyl (C=O) groups is 1. The second-order valence-corrected chi connectivity index (χ2v) is 4.24. The van der Waals surface area contributed by atoms with Crippen LogP contribution in [0.1, 0.15) is 41.2 Å². The van der Waals surface area contributed by atoms with E-state index in [9.17, 15) is 22.8 Å². The summed E-state index contributed by atoms with van der Waals surface area (Å²) in [5.74, 6) is -1.79. The van der Waals surface area contributed by atoms with Crippen LogP contribution < -0.4 is 5.56 Å². The lowest BCUT2D eigenvalue weighted by Gasteiger charge is -2.29. The summed E-state index contributed by atoms with van der Waals surface area (Å²) in [6.07, 6.45) is -2.95. The Morgan fingerprint density at radius 1 is 1.33 bits per heavy atom. The van der Waals surface area contributed by atoms with Crippen LogP contribution in [-0.4, -0.2) is 15.6 Å². The van der Waals surface area contributed by atoms with Gasteiger partial charge in [-0.15, -0.1) is 13.2 Å². The monoisotopic (exact) mass is 261 g/mol. The van der Waals surface area contributed by atoms with Gasteiger partial charge >= 0.3 is 12.3 Å². The highest BCUT2D eigenvalue weighted by Gasteiger charge is 2.37. The van der Waals surface area contributed by atoms with Crippen LogP contribution in [0.3, 0.4) is 0 Å². The van der Waals surface area contributed by atoms with E-state index in [1.807, 2.05) is 0 Å². The maximum Gasteiger partial charge on any atom is 0.491 e. The molecule has 1 aliphatic rings. The summed E-state index contributed by atoms with van der Waals surface area (Å²) >= 11 is 0. The normalized spacial score (nSPS) is 16.4. The van der Waals surface area contributed by atoms with Crippen LogP contribution in [-0.2, 0) is 6.30 Å². The highest BCUT2D eigenvalue weighted by molar-refractivity contribution is 5.87. The number of nitrogens with zero attached hydrogens (tertiary/aromatic N) is 1. The molecule has 0 bridgehead atoms. The molecule has 0 aromatic carbocycles. The fourth-order valence-electron chi connectivity index (χ4n) is 1.99. The van der Waals surface area contributed by atoms with Gasteiger partial charge in [-0.2, -0.15) is 0 Å². The van der Waals surface area contributed by atoms with Gasteiger partial charge in [0.25, 0.3) is 5.56 Å². The van der Waals surface area contributed by atoms with Crippen LogP contribution >= 0.6 is 0 Å². The molecule has 7 heteroatoms. The summed E-state index contributed by atoms with van der Waals surface area (Å²) in [4.78, 5) is 22.2. The Labute approximate surface area is 99.7 Å². The average Bonchev–Trinajstić information content (AvgIpc) is 2.11. The number of hydrogen-bond donors (Lipinski definition) is 1. The minimum atomic E-state index is -4.82. The van der Waals surface area contributed by atoms with Gasteiger partial charge in [-0.3, -0.25) is 4.79 Å². The third-order valence-corrected chi connectivity index (χ3v) is 3.08. The first kappa shape index (κ1) is 12.7. The van der Waals surface area contributed by atoms with Gasteiger partial charge in [0.05, 0.1) is 5.56 Å². The van der Waals surface area contributed by atoms with Crippen molar-refractivity contribution >= 4 is 5.97 Å². The third-order valence-electron chi connectivity index (χ3n) is 3.08. The van der Waals surface area contributed by atoms with Gasteiger partial charge < -0.3 is 5.11 Å². The molecular weight excluding hydrogens is 251 g/mol. The summed E-state index contributed by atoms with van der Waals surface area (Å²) < 4.78 is 38.1. The number of alkyl halides is 3. The van der Waals surface area contributed by atoms with Crippen molar-refractivity contribution in [2.45, 2.75) is 31.5 Å². The van der Waals surface area contributed by atoms with Gasteiger partial charge in [0, 0.05) is 11.8 Å². The number of carboxylic acids is 1. The molecule has 1 aliphatic carbocycles. The van der Waals surface area contributed by atoms with E-state index in [2.05, 4.69) is 0 Å². The first-order valence-electron chi connectivity index (χ1n) is 5.38. The van der Waals surface area contributed by atoms with E-state index in [1.165, 1.54) is 0 Å². The molecule has 1 heterocycles. The number of halogens is 3. The van der Waals surface area contributed by atoms with Crippen LogP contribution in [0.4, 0.5) is 13.2 Å². The molecule has 0 atom stereocenters. The fraction of sp³-hybridized carbons (Fsp3) is 0.455.